The smallest absolute Gasteiger partial charge is 0.196 e. The molecule has 0 bridgehead atoms. The number of allylic oxidation sites excluding steroid dienone is 5. The van der Waals surface area contributed by atoms with E-state index in [0.717, 1.165) is 22.9 Å². The normalized spacial score (nSPS) is 16.2. The maximum absolute atomic E-state index is 10.1. The molecule has 0 saturated carbocycles. The van der Waals surface area contributed by atoms with Gasteiger partial charge in [-0.1, -0.05) is 38.3 Å². The largest absolute Gasteiger partial charge is 0.505 e. The van der Waals surface area contributed by atoms with E-state index in [-0.39, 0.29) is 11.6 Å². The van der Waals surface area contributed by atoms with Gasteiger partial charge in [0, 0.05) is 31.3 Å². The van der Waals surface area contributed by atoms with Crippen molar-refractivity contribution in [2.45, 2.75) is 78.5 Å². The number of nitrogens with zero attached hydrogens (tertiary/aromatic N) is 4. The van der Waals surface area contributed by atoms with E-state index in [1.54, 1.807) is 13.3 Å². The van der Waals surface area contributed by atoms with Crippen molar-refractivity contribution in [1.82, 2.24) is 15.0 Å². The van der Waals surface area contributed by atoms with Crippen molar-refractivity contribution in [2.24, 2.45) is 9.98 Å². The summed E-state index contributed by atoms with van der Waals surface area (Å²) in [4.78, 5) is 20.8. The maximum Gasteiger partial charge on any atom is 0.196 e. The highest BCUT2D eigenvalue weighted by molar-refractivity contribution is 8.02. The van der Waals surface area contributed by atoms with E-state index in [1.165, 1.54) is 31.0 Å². The van der Waals surface area contributed by atoms with E-state index in [1.807, 2.05) is 52.8 Å². The SMILES string of the molecule is C/C=C\C=NC.C=C(C)N=C(C)/C=C(\C)Sc1nc(N)c2c(O)c(CC)[nH]c2n1.CCC1CCCO1. The summed E-state index contributed by atoms with van der Waals surface area (Å²) in [6.45, 7) is 16.6. The van der Waals surface area contributed by atoms with Crippen LogP contribution in [0.25, 0.3) is 11.0 Å². The number of aromatic hydroxyl groups is 1. The van der Waals surface area contributed by atoms with E-state index in [4.69, 9.17) is 10.5 Å². The zero-order valence-electron chi connectivity index (χ0n) is 22.8. The number of nitrogens with two attached hydrogens (primary N) is 1. The maximum atomic E-state index is 10.1. The van der Waals surface area contributed by atoms with Crippen molar-refractivity contribution in [3.8, 4) is 5.75 Å². The number of fused-ring (bicyclic) bond motifs is 1. The van der Waals surface area contributed by atoms with E-state index < -0.39 is 0 Å². The predicted molar refractivity (Wildman–Crippen MR) is 155 cm³/mol. The average molecular weight is 515 g/mol. The molecule has 3 rings (SSSR count). The first-order chi connectivity index (χ1) is 17.2. The molecule has 4 N–H and O–H groups in total. The Hall–Kier alpha value is -2.91. The monoisotopic (exact) mass is 514 g/mol. The zero-order valence-corrected chi connectivity index (χ0v) is 23.6. The number of nitrogen functional groups attached to an aromatic ring is 1. The van der Waals surface area contributed by atoms with Gasteiger partial charge in [0.25, 0.3) is 0 Å². The van der Waals surface area contributed by atoms with Crippen molar-refractivity contribution in [1.29, 1.82) is 0 Å². The van der Waals surface area contributed by atoms with Crippen LogP contribution in [0.15, 0.2) is 50.6 Å². The minimum absolute atomic E-state index is 0.133. The van der Waals surface area contributed by atoms with Crippen LogP contribution < -0.4 is 5.73 Å². The molecule has 1 aliphatic heterocycles. The van der Waals surface area contributed by atoms with Crippen molar-refractivity contribution >= 4 is 40.5 Å². The molecule has 0 aliphatic carbocycles. The highest BCUT2D eigenvalue weighted by atomic mass is 32.2. The fraction of sp³-hybridized carbons (Fsp3) is 0.481. The van der Waals surface area contributed by atoms with Crippen molar-refractivity contribution in [3.63, 3.8) is 0 Å². The van der Waals surface area contributed by atoms with Gasteiger partial charge in [-0.15, -0.1) is 0 Å². The Labute approximate surface area is 220 Å². The third-order valence-electron chi connectivity index (χ3n) is 5.00. The standard InChI is InChI=1S/C16H21N5OS.C6H12O.C5H9N/c1-6-11-13(22)12-14(17)20-16(21-15(12)19-11)23-10(5)7-9(4)18-8(2)3;1-2-6-4-3-5-7-6;1-3-4-5-6-2/h7,22H,2,6H2,1,3-5H3,(H3,17,19,20,21);6H,2-5H2,1H3;3-5H,1-2H3/b10-7+,18-9?;;4-3-,6-5?. The molecule has 3 heterocycles. The van der Waals surface area contributed by atoms with E-state index in [0.29, 0.717) is 34.4 Å². The third kappa shape index (κ3) is 10.8. The lowest BCUT2D eigenvalue weighted by Crippen LogP contribution is -2.00. The summed E-state index contributed by atoms with van der Waals surface area (Å²) in [5, 5.41) is 11.1. The Kier molecular flexibility index (Phi) is 14.4. The molecule has 8 nitrogen and oxygen atoms in total. The molecule has 9 heteroatoms. The number of rotatable bonds is 7. The summed E-state index contributed by atoms with van der Waals surface area (Å²) in [5.74, 6) is 0.402. The van der Waals surface area contributed by atoms with E-state index >= 15 is 0 Å². The van der Waals surface area contributed by atoms with Gasteiger partial charge in [0.15, 0.2) is 5.16 Å². The minimum atomic E-state index is 0.133. The van der Waals surface area contributed by atoms with Gasteiger partial charge >= 0.3 is 0 Å². The van der Waals surface area contributed by atoms with Crippen LogP contribution in [0.3, 0.4) is 0 Å². The Balaban J connectivity index is 0.000000406. The molecule has 1 atom stereocenters. The fourth-order valence-corrected chi connectivity index (χ4v) is 4.17. The number of hydrogen-bond donors (Lipinski definition) is 3. The molecule has 2 aromatic heterocycles. The number of nitrogens with one attached hydrogen (secondary N) is 1. The Morgan fingerprint density at radius 1 is 1.31 bits per heavy atom. The highest BCUT2D eigenvalue weighted by Crippen LogP contribution is 2.34. The van der Waals surface area contributed by atoms with Gasteiger partial charge in [0.05, 0.1) is 11.8 Å². The summed E-state index contributed by atoms with van der Waals surface area (Å²) in [6, 6.07) is 0. The first-order valence-corrected chi connectivity index (χ1v) is 13.1. The van der Waals surface area contributed by atoms with Crippen LogP contribution in [-0.4, -0.2) is 51.7 Å². The first kappa shape index (κ1) is 31.1. The van der Waals surface area contributed by atoms with Gasteiger partial charge in [-0.2, -0.15) is 0 Å². The van der Waals surface area contributed by atoms with Gasteiger partial charge in [-0.25, -0.2) is 9.97 Å². The number of aromatic nitrogens is 3. The molecule has 36 heavy (non-hydrogen) atoms. The fourth-order valence-electron chi connectivity index (χ4n) is 3.37. The van der Waals surface area contributed by atoms with Crippen LogP contribution >= 0.6 is 11.8 Å². The minimum Gasteiger partial charge on any atom is -0.505 e. The topological polar surface area (TPSA) is 122 Å². The summed E-state index contributed by atoms with van der Waals surface area (Å²) < 4.78 is 5.30. The van der Waals surface area contributed by atoms with E-state index in [9.17, 15) is 5.11 Å². The molecule has 1 aliphatic rings. The molecule has 0 radical (unpaired) electrons. The van der Waals surface area contributed by atoms with Gasteiger partial charge < -0.3 is 20.6 Å². The first-order valence-electron chi connectivity index (χ1n) is 12.3. The zero-order chi connectivity index (χ0) is 27.1. The summed E-state index contributed by atoms with van der Waals surface area (Å²) in [7, 11) is 1.75. The Morgan fingerprint density at radius 2 is 2.03 bits per heavy atom. The average Bonchev–Trinajstić information content (AvgIpc) is 3.45. The van der Waals surface area contributed by atoms with E-state index in [2.05, 4.69) is 38.4 Å². The Bertz CT molecular complexity index is 1090. The second-order valence-electron chi connectivity index (χ2n) is 8.24. The van der Waals surface area contributed by atoms with Crippen LogP contribution in [0.4, 0.5) is 5.82 Å². The quantitative estimate of drug-likeness (QED) is 0.216. The molecule has 1 unspecified atom stereocenters. The molecule has 198 valence electrons. The second-order valence-corrected chi connectivity index (χ2v) is 9.46. The number of H-pyrrole nitrogens is 1. The molecular weight excluding hydrogens is 472 g/mol. The van der Waals surface area contributed by atoms with Crippen LogP contribution in [0.1, 0.15) is 66.5 Å². The van der Waals surface area contributed by atoms with Gasteiger partial charge in [-0.05, 0) is 70.4 Å². The number of aryl methyl sites for hydroxylation is 1. The van der Waals surface area contributed by atoms with Crippen molar-refractivity contribution < 1.29 is 9.84 Å². The van der Waals surface area contributed by atoms with Crippen LogP contribution in [0, 0.1) is 0 Å². The molecule has 1 fully saturated rings. The molecule has 0 amide bonds. The lowest BCUT2D eigenvalue weighted by Gasteiger charge is -2.03. The number of hydrogen-bond acceptors (Lipinski definition) is 8. The van der Waals surface area contributed by atoms with Gasteiger partial charge in [0.2, 0.25) is 0 Å². The van der Waals surface area contributed by atoms with Crippen LogP contribution in [-0.2, 0) is 11.2 Å². The molecule has 2 aromatic rings. The van der Waals surface area contributed by atoms with Crippen LogP contribution in [0.2, 0.25) is 0 Å². The number of ether oxygens (including phenoxy) is 1. The molecule has 0 spiro atoms. The summed E-state index contributed by atoms with van der Waals surface area (Å²) in [5.41, 5.74) is 8.85. The van der Waals surface area contributed by atoms with Gasteiger partial charge in [0.1, 0.15) is 22.6 Å². The molecule has 1 saturated heterocycles. The lowest BCUT2D eigenvalue weighted by atomic mass is 10.2. The lowest BCUT2D eigenvalue weighted by molar-refractivity contribution is 0.108. The van der Waals surface area contributed by atoms with Crippen molar-refractivity contribution in [3.05, 3.63) is 41.1 Å². The number of anilines is 1. The van der Waals surface area contributed by atoms with Crippen LogP contribution in [0.5, 0.6) is 5.75 Å². The number of aliphatic imine (C=N–C) groups is 2. The van der Waals surface area contributed by atoms with Crippen molar-refractivity contribution in [2.75, 3.05) is 19.4 Å². The predicted octanol–water partition coefficient (Wildman–Crippen LogP) is 6.64. The summed E-state index contributed by atoms with van der Waals surface area (Å²) in [6.07, 6.45) is 12.5. The van der Waals surface area contributed by atoms with Gasteiger partial charge in [-0.3, -0.25) is 9.98 Å². The summed E-state index contributed by atoms with van der Waals surface area (Å²) >= 11 is 1.40. The Morgan fingerprint density at radius 3 is 2.50 bits per heavy atom. The third-order valence-corrected chi connectivity index (χ3v) is 5.81. The molecular formula is C27H42N6O2S. The second kappa shape index (κ2) is 16.7. The highest BCUT2D eigenvalue weighted by Gasteiger charge is 2.16. The number of thioether (sulfide) groups is 1. The number of aromatic amines is 1. The molecule has 0 aromatic carbocycles.